The molecule has 0 fully saturated rings. The molecule has 30 heavy (non-hydrogen) atoms. The van der Waals surface area contributed by atoms with Gasteiger partial charge in [-0.2, -0.15) is 0 Å². The molecule has 0 saturated heterocycles. The first kappa shape index (κ1) is 20.3. The van der Waals surface area contributed by atoms with Crippen LogP contribution in [0.2, 0.25) is 0 Å². The Hall–Kier alpha value is -2.97. The van der Waals surface area contributed by atoms with E-state index in [0.717, 1.165) is 35.6 Å². The lowest BCUT2D eigenvalue weighted by Gasteiger charge is -2.22. The SMILES string of the molecule is CCOC(=O)c1c(N=Cc2c(C)[nH]n(-c3ccccc3)c2=O)sc2c1CCN(C)C2. The Bertz CT molecular complexity index is 1160. The molecule has 1 aliphatic rings. The lowest BCUT2D eigenvalue weighted by Crippen LogP contribution is -2.26. The number of aromatic nitrogens is 2. The highest BCUT2D eigenvalue weighted by Gasteiger charge is 2.27. The molecule has 0 aliphatic carbocycles. The minimum Gasteiger partial charge on any atom is -0.462 e. The number of nitrogens with one attached hydrogen (secondary N) is 1. The number of thiophene rings is 1. The summed E-state index contributed by atoms with van der Waals surface area (Å²) in [5.74, 6) is -0.348. The van der Waals surface area contributed by atoms with Gasteiger partial charge in [0.2, 0.25) is 0 Å². The first-order valence-corrected chi connectivity index (χ1v) is 10.7. The van der Waals surface area contributed by atoms with Crippen LogP contribution in [-0.4, -0.2) is 47.1 Å². The van der Waals surface area contributed by atoms with E-state index in [1.165, 1.54) is 16.0 Å². The number of para-hydroxylation sites is 1. The summed E-state index contributed by atoms with van der Waals surface area (Å²) >= 11 is 1.49. The van der Waals surface area contributed by atoms with Crippen molar-refractivity contribution in [2.45, 2.75) is 26.8 Å². The number of H-pyrrole nitrogens is 1. The average Bonchev–Trinajstić information content (AvgIpc) is 3.23. The number of esters is 1. The number of carbonyl (C=O) groups is 1. The summed E-state index contributed by atoms with van der Waals surface area (Å²) < 4.78 is 6.79. The van der Waals surface area contributed by atoms with E-state index in [-0.39, 0.29) is 11.5 Å². The van der Waals surface area contributed by atoms with E-state index >= 15 is 0 Å². The molecule has 3 heterocycles. The third-order valence-electron chi connectivity index (χ3n) is 5.15. The molecule has 7 nitrogen and oxygen atoms in total. The van der Waals surface area contributed by atoms with Crippen molar-refractivity contribution < 1.29 is 9.53 Å². The number of carbonyl (C=O) groups excluding carboxylic acids is 1. The van der Waals surface area contributed by atoms with Gasteiger partial charge in [0, 0.05) is 29.9 Å². The zero-order valence-corrected chi connectivity index (χ0v) is 18.1. The second-order valence-electron chi connectivity index (χ2n) is 7.28. The van der Waals surface area contributed by atoms with Crippen molar-refractivity contribution in [1.82, 2.24) is 14.7 Å². The summed E-state index contributed by atoms with van der Waals surface area (Å²) in [5, 5.41) is 3.69. The molecule has 8 heteroatoms. The first-order valence-electron chi connectivity index (χ1n) is 9.91. The predicted octanol–water partition coefficient (Wildman–Crippen LogP) is 3.45. The van der Waals surface area contributed by atoms with E-state index in [1.807, 2.05) is 37.3 Å². The van der Waals surface area contributed by atoms with Gasteiger partial charge in [0.15, 0.2) is 0 Å². The van der Waals surface area contributed by atoms with Crippen LogP contribution in [0.5, 0.6) is 0 Å². The molecule has 0 unspecified atom stereocenters. The van der Waals surface area contributed by atoms with Gasteiger partial charge in [0.1, 0.15) is 5.00 Å². The maximum absolute atomic E-state index is 12.9. The monoisotopic (exact) mass is 424 g/mol. The van der Waals surface area contributed by atoms with Crippen LogP contribution < -0.4 is 5.56 Å². The molecule has 156 valence electrons. The number of fused-ring (bicyclic) bond motifs is 1. The van der Waals surface area contributed by atoms with E-state index in [9.17, 15) is 9.59 Å². The molecule has 3 aromatic rings. The maximum atomic E-state index is 12.9. The second-order valence-corrected chi connectivity index (χ2v) is 8.36. The summed E-state index contributed by atoms with van der Waals surface area (Å²) in [7, 11) is 2.06. The van der Waals surface area contributed by atoms with Crippen LogP contribution in [-0.2, 0) is 17.7 Å². The van der Waals surface area contributed by atoms with Crippen molar-refractivity contribution >= 4 is 28.5 Å². The summed E-state index contributed by atoms with van der Waals surface area (Å²) in [5.41, 5.74) is 3.32. The Kier molecular flexibility index (Phi) is 5.69. The van der Waals surface area contributed by atoms with Gasteiger partial charge in [-0.1, -0.05) is 18.2 Å². The van der Waals surface area contributed by atoms with Crippen LogP contribution >= 0.6 is 11.3 Å². The number of rotatable bonds is 5. The van der Waals surface area contributed by atoms with Gasteiger partial charge in [-0.3, -0.25) is 9.89 Å². The quantitative estimate of drug-likeness (QED) is 0.503. The van der Waals surface area contributed by atoms with Crippen LogP contribution in [0.3, 0.4) is 0 Å². The molecule has 0 spiro atoms. The van der Waals surface area contributed by atoms with Crippen molar-refractivity contribution in [2.75, 3.05) is 20.2 Å². The van der Waals surface area contributed by atoms with Gasteiger partial charge in [-0.05, 0) is 45.0 Å². The zero-order valence-electron chi connectivity index (χ0n) is 17.3. The predicted molar refractivity (Wildman–Crippen MR) is 119 cm³/mol. The van der Waals surface area contributed by atoms with E-state index in [2.05, 4.69) is 22.0 Å². The number of ether oxygens (including phenoxy) is 1. The largest absolute Gasteiger partial charge is 0.462 e. The molecular formula is C22H24N4O3S. The fourth-order valence-electron chi connectivity index (χ4n) is 3.62. The molecule has 0 atom stereocenters. The third-order valence-corrected chi connectivity index (χ3v) is 6.28. The van der Waals surface area contributed by atoms with Crippen LogP contribution in [0.1, 0.15) is 39.0 Å². The molecular weight excluding hydrogens is 400 g/mol. The standard InChI is InChI=1S/C22H24N4O3S/c1-4-29-22(28)19-16-10-11-25(3)13-18(16)30-20(19)23-12-17-14(2)24-26(21(17)27)15-8-6-5-7-9-15/h5-9,12,24H,4,10-11,13H2,1-3H3. The molecule has 1 aromatic carbocycles. The molecule has 0 amide bonds. The van der Waals surface area contributed by atoms with Gasteiger partial charge in [-0.25, -0.2) is 14.5 Å². The minimum atomic E-state index is -0.348. The minimum absolute atomic E-state index is 0.179. The van der Waals surface area contributed by atoms with Gasteiger partial charge in [-0.15, -0.1) is 11.3 Å². The highest BCUT2D eigenvalue weighted by atomic mass is 32.1. The molecule has 1 aliphatic heterocycles. The number of hydrogen-bond acceptors (Lipinski definition) is 6. The summed E-state index contributed by atoms with van der Waals surface area (Å²) in [4.78, 5) is 33.5. The molecule has 0 bridgehead atoms. The van der Waals surface area contributed by atoms with Crippen LogP contribution in [0.25, 0.3) is 5.69 Å². The number of benzene rings is 1. The van der Waals surface area contributed by atoms with E-state index < -0.39 is 0 Å². The van der Waals surface area contributed by atoms with E-state index in [4.69, 9.17) is 4.74 Å². The summed E-state index contributed by atoms with van der Waals surface area (Å²) in [6.45, 7) is 5.61. The molecule has 2 aromatic heterocycles. The average molecular weight is 425 g/mol. The number of aryl methyl sites for hydroxylation is 1. The Labute approximate surface area is 178 Å². The molecule has 0 radical (unpaired) electrons. The van der Waals surface area contributed by atoms with Crippen LogP contribution in [0, 0.1) is 6.92 Å². The van der Waals surface area contributed by atoms with Gasteiger partial charge < -0.3 is 9.64 Å². The molecule has 0 saturated carbocycles. The number of hydrogen-bond donors (Lipinski definition) is 1. The lowest BCUT2D eigenvalue weighted by atomic mass is 10.0. The van der Waals surface area contributed by atoms with Gasteiger partial charge in [0.25, 0.3) is 5.56 Å². The first-order chi connectivity index (χ1) is 14.5. The number of aliphatic imine (C=N–C) groups is 1. The van der Waals surface area contributed by atoms with Crippen molar-refractivity contribution in [3.05, 3.63) is 67.9 Å². The van der Waals surface area contributed by atoms with Crippen molar-refractivity contribution in [1.29, 1.82) is 0 Å². The topological polar surface area (TPSA) is 79.7 Å². The Morgan fingerprint density at radius 2 is 2.10 bits per heavy atom. The van der Waals surface area contributed by atoms with Crippen molar-refractivity contribution in [3.8, 4) is 5.69 Å². The molecule has 1 N–H and O–H groups in total. The van der Waals surface area contributed by atoms with Crippen LogP contribution in [0.4, 0.5) is 5.00 Å². The molecule has 4 rings (SSSR count). The van der Waals surface area contributed by atoms with Crippen molar-refractivity contribution in [2.24, 2.45) is 4.99 Å². The number of nitrogens with zero attached hydrogens (tertiary/aromatic N) is 3. The van der Waals surface area contributed by atoms with E-state index in [0.29, 0.717) is 28.4 Å². The highest BCUT2D eigenvalue weighted by Crippen LogP contribution is 2.39. The Balaban J connectivity index is 1.74. The highest BCUT2D eigenvalue weighted by molar-refractivity contribution is 7.16. The van der Waals surface area contributed by atoms with Gasteiger partial charge in [0.05, 0.1) is 23.4 Å². The number of likely N-dealkylation sites (N-methyl/N-ethyl adjacent to an activating group) is 1. The van der Waals surface area contributed by atoms with Gasteiger partial charge >= 0.3 is 5.97 Å². The van der Waals surface area contributed by atoms with Crippen molar-refractivity contribution in [3.63, 3.8) is 0 Å². The maximum Gasteiger partial charge on any atom is 0.341 e. The summed E-state index contributed by atoms with van der Waals surface area (Å²) in [6.07, 6.45) is 2.34. The van der Waals surface area contributed by atoms with Crippen LogP contribution in [0.15, 0.2) is 40.1 Å². The number of aromatic amines is 1. The smallest absolute Gasteiger partial charge is 0.341 e. The fourth-order valence-corrected chi connectivity index (χ4v) is 4.87. The Morgan fingerprint density at radius 1 is 1.33 bits per heavy atom. The van der Waals surface area contributed by atoms with E-state index in [1.54, 1.807) is 13.1 Å². The zero-order chi connectivity index (χ0) is 21.3. The Morgan fingerprint density at radius 3 is 2.83 bits per heavy atom. The summed E-state index contributed by atoms with van der Waals surface area (Å²) in [6, 6.07) is 9.39. The second kappa shape index (κ2) is 8.41. The third kappa shape index (κ3) is 3.76. The fraction of sp³-hybridized carbons (Fsp3) is 0.318. The normalized spacial score (nSPS) is 14.2. The lowest BCUT2D eigenvalue weighted by molar-refractivity contribution is 0.0526.